The van der Waals surface area contributed by atoms with Crippen molar-refractivity contribution in [1.29, 1.82) is 0 Å². The van der Waals surface area contributed by atoms with Crippen LogP contribution in [0.4, 0.5) is 0 Å². The predicted molar refractivity (Wildman–Crippen MR) is 324 cm³/mol. The normalized spacial score (nSPS) is 13.4. The maximum absolute atomic E-state index is 12.6. The highest BCUT2D eigenvalue weighted by Gasteiger charge is 2.22. The number of hydrogen-bond donors (Lipinski definition) is 4. The van der Waals surface area contributed by atoms with Gasteiger partial charge in [-0.1, -0.05) is 339 Å². The Morgan fingerprint density at radius 1 is 0.342 bits per heavy atom. The molecule has 0 rings (SSSR count). The molecule has 0 aliphatic heterocycles. The highest BCUT2D eigenvalue weighted by Crippen LogP contribution is 2.18. The van der Waals surface area contributed by atoms with Gasteiger partial charge in [0.1, 0.15) is 6.10 Å². The second-order valence-electron chi connectivity index (χ2n) is 22.7. The summed E-state index contributed by atoms with van der Waals surface area (Å²) in [4.78, 5) is 12.6. The summed E-state index contributed by atoms with van der Waals surface area (Å²) in [6.07, 6.45) is 85.2. The molecule has 1 amide bonds. The molecule has 4 N–H and O–H groups in total. The minimum absolute atomic E-state index is 0.375. The van der Waals surface area contributed by atoms with Gasteiger partial charge in [0.15, 0.2) is 0 Å². The minimum Gasteiger partial charge on any atom is -0.394 e. The Morgan fingerprint density at radius 2 is 0.603 bits per heavy atom. The van der Waals surface area contributed by atoms with Gasteiger partial charge in [0.2, 0.25) is 5.91 Å². The first-order valence-corrected chi connectivity index (χ1v) is 33.0. The van der Waals surface area contributed by atoms with E-state index in [4.69, 9.17) is 0 Å². The summed E-state index contributed by atoms with van der Waals surface area (Å²) in [5, 5.41) is 33.5. The molecule has 0 bridgehead atoms. The molecule has 0 aromatic heterocycles. The number of unbranched alkanes of at least 4 members (excludes halogenated alkanes) is 47. The van der Waals surface area contributed by atoms with Gasteiger partial charge in [0.05, 0.1) is 18.8 Å². The summed E-state index contributed by atoms with van der Waals surface area (Å²) in [5.41, 5.74) is 0. The van der Waals surface area contributed by atoms with Gasteiger partial charge >= 0.3 is 0 Å². The summed E-state index contributed by atoms with van der Waals surface area (Å²) < 4.78 is 0. The van der Waals surface area contributed by atoms with Crippen molar-refractivity contribution in [3.63, 3.8) is 0 Å². The van der Waals surface area contributed by atoms with Crippen LogP contribution in [0.3, 0.4) is 0 Å². The zero-order chi connectivity index (χ0) is 52.9. The van der Waals surface area contributed by atoms with E-state index in [0.717, 1.165) is 44.9 Å². The van der Waals surface area contributed by atoms with Crippen molar-refractivity contribution in [2.75, 3.05) is 6.61 Å². The third-order valence-corrected chi connectivity index (χ3v) is 15.4. The Morgan fingerprint density at radius 3 is 0.918 bits per heavy atom. The van der Waals surface area contributed by atoms with E-state index in [-0.39, 0.29) is 6.61 Å². The van der Waals surface area contributed by atoms with Crippen molar-refractivity contribution in [1.82, 2.24) is 5.32 Å². The van der Waals surface area contributed by atoms with Gasteiger partial charge in [0.25, 0.3) is 0 Å². The summed E-state index contributed by atoms with van der Waals surface area (Å²) in [6, 6.07) is -0.817. The highest BCUT2D eigenvalue weighted by molar-refractivity contribution is 5.80. The zero-order valence-electron chi connectivity index (χ0n) is 49.3. The van der Waals surface area contributed by atoms with Crippen LogP contribution in [-0.2, 0) is 4.79 Å². The molecular weight excluding hydrogens is 895 g/mol. The van der Waals surface area contributed by atoms with Gasteiger partial charge in [0, 0.05) is 0 Å². The van der Waals surface area contributed by atoms with E-state index in [1.807, 2.05) is 6.08 Å². The van der Waals surface area contributed by atoms with E-state index in [2.05, 4.69) is 55.6 Å². The second-order valence-corrected chi connectivity index (χ2v) is 22.7. The maximum atomic E-state index is 12.6. The third-order valence-electron chi connectivity index (χ3n) is 15.4. The lowest BCUT2D eigenvalue weighted by Gasteiger charge is -2.21. The molecule has 73 heavy (non-hydrogen) atoms. The van der Waals surface area contributed by atoms with Crippen LogP contribution >= 0.6 is 0 Å². The van der Waals surface area contributed by atoms with Crippen LogP contribution in [0.15, 0.2) is 48.6 Å². The average Bonchev–Trinajstić information content (AvgIpc) is 3.40. The predicted octanol–water partition coefficient (Wildman–Crippen LogP) is 21.1. The maximum Gasteiger partial charge on any atom is 0.249 e. The summed E-state index contributed by atoms with van der Waals surface area (Å²) >= 11 is 0. The van der Waals surface area contributed by atoms with E-state index in [9.17, 15) is 20.1 Å². The molecule has 3 unspecified atom stereocenters. The van der Waals surface area contributed by atoms with Crippen LogP contribution in [0.2, 0.25) is 0 Å². The molecule has 430 valence electrons. The molecular formula is C68H129NO4. The number of hydrogen-bond acceptors (Lipinski definition) is 4. The Balaban J connectivity index is 3.55. The number of carbonyl (C=O) groups is 1. The van der Waals surface area contributed by atoms with E-state index in [0.29, 0.717) is 6.42 Å². The van der Waals surface area contributed by atoms with Crippen molar-refractivity contribution in [2.45, 2.75) is 372 Å². The number of aliphatic hydroxyl groups is 3. The molecule has 0 aromatic carbocycles. The summed E-state index contributed by atoms with van der Waals surface area (Å²) in [7, 11) is 0. The fourth-order valence-corrected chi connectivity index (χ4v) is 10.3. The largest absolute Gasteiger partial charge is 0.394 e. The topological polar surface area (TPSA) is 89.8 Å². The van der Waals surface area contributed by atoms with Gasteiger partial charge in [-0.2, -0.15) is 0 Å². The molecule has 0 fully saturated rings. The number of nitrogens with one attached hydrogen (secondary N) is 1. The van der Waals surface area contributed by atoms with Crippen LogP contribution in [0.1, 0.15) is 354 Å². The summed E-state index contributed by atoms with van der Waals surface area (Å²) in [5.74, 6) is -0.508. The fourth-order valence-electron chi connectivity index (χ4n) is 10.3. The number of rotatable bonds is 61. The van der Waals surface area contributed by atoms with Crippen molar-refractivity contribution in [2.24, 2.45) is 0 Å². The van der Waals surface area contributed by atoms with E-state index >= 15 is 0 Å². The van der Waals surface area contributed by atoms with Gasteiger partial charge in [-0.15, -0.1) is 0 Å². The standard InChI is InChI=1S/C68H129NO4/c1-3-5-7-9-11-13-15-17-19-21-23-25-27-29-30-31-32-33-34-35-36-37-39-41-43-45-47-49-51-53-55-57-59-61-63-67(72)68(73)69-65(64-70)66(71)62-60-58-56-54-52-50-48-46-44-42-40-38-28-26-24-22-20-18-16-14-12-10-8-6-4-2/h27,29,31-32,52,54,60,62,65-67,70-72H,3-26,28,30,33-51,53,55-59,61,63-64H2,1-2H3,(H,69,73)/b29-27-,32-31-,54-52+,62-60+. The molecule has 5 nitrogen and oxygen atoms in total. The van der Waals surface area contributed by atoms with Crippen LogP contribution in [0.25, 0.3) is 0 Å². The fraction of sp³-hybridized carbons (Fsp3) is 0.868. The van der Waals surface area contributed by atoms with Gasteiger partial charge in [-0.25, -0.2) is 0 Å². The number of carbonyl (C=O) groups excluding carboxylic acids is 1. The van der Waals surface area contributed by atoms with Crippen molar-refractivity contribution in [3.05, 3.63) is 48.6 Å². The molecule has 0 aliphatic rings. The van der Waals surface area contributed by atoms with E-state index in [1.165, 1.54) is 289 Å². The molecule has 0 aliphatic carbocycles. The van der Waals surface area contributed by atoms with Gasteiger partial charge < -0.3 is 20.6 Å². The quantitative estimate of drug-likeness (QED) is 0.0361. The lowest BCUT2D eigenvalue weighted by Crippen LogP contribution is -2.48. The van der Waals surface area contributed by atoms with Crippen molar-refractivity contribution >= 4 is 5.91 Å². The molecule has 0 saturated heterocycles. The number of allylic oxidation sites excluding steroid dienone is 7. The first-order chi connectivity index (χ1) is 36.1. The first kappa shape index (κ1) is 71.3. The summed E-state index contributed by atoms with van der Waals surface area (Å²) in [6.45, 7) is 4.21. The van der Waals surface area contributed by atoms with Crippen LogP contribution in [0.5, 0.6) is 0 Å². The van der Waals surface area contributed by atoms with Crippen molar-refractivity contribution in [3.8, 4) is 0 Å². The van der Waals surface area contributed by atoms with E-state index < -0.39 is 24.2 Å². The molecule has 0 heterocycles. The monoisotopic (exact) mass is 1020 g/mol. The molecule has 0 saturated carbocycles. The SMILES string of the molecule is CCCCCCCCCCCCC/C=C\C/C=C\CCCCCCCCCCCCCCCCCCC(O)C(=O)NC(CO)C(O)/C=C/CC/C=C/CCCCCCCCCCCCCCCCCCCCC. The first-order valence-electron chi connectivity index (χ1n) is 33.0. The zero-order valence-corrected chi connectivity index (χ0v) is 49.3. The van der Waals surface area contributed by atoms with Crippen LogP contribution in [0, 0.1) is 0 Å². The molecule has 0 aromatic rings. The van der Waals surface area contributed by atoms with Crippen LogP contribution < -0.4 is 5.32 Å². The minimum atomic E-state index is -1.11. The lowest BCUT2D eigenvalue weighted by atomic mass is 10.0. The van der Waals surface area contributed by atoms with Crippen LogP contribution in [-0.4, -0.2) is 46.1 Å². The van der Waals surface area contributed by atoms with E-state index in [1.54, 1.807) is 6.08 Å². The van der Waals surface area contributed by atoms with Crippen molar-refractivity contribution < 1.29 is 20.1 Å². The highest BCUT2D eigenvalue weighted by atomic mass is 16.3. The Labute approximate surface area is 457 Å². The molecule has 5 heteroatoms. The Bertz CT molecular complexity index is 1180. The van der Waals surface area contributed by atoms with Gasteiger partial charge in [-0.05, 0) is 64.2 Å². The number of amides is 1. The second kappa shape index (κ2) is 62.8. The average molecular weight is 1020 g/mol. The third kappa shape index (κ3) is 57.8. The molecule has 0 spiro atoms. The Hall–Kier alpha value is -1.69. The number of aliphatic hydroxyl groups excluding tert-OH is 3. The van der Waals surface area contributed by atoms with Gasteiger partial charge in [-0.3, -0.25) is 4.79 Å². The Kier molecular flexibility index (Phi) is 61.4. The smallest absolute Gasteiger partial charge is 0.249 e. The molecule has 0 radical (unpaired) electrons. The lowest BCUT2D eigenvalue weighted by molar-refractivity contribution is -0.131. The molecule has 3 atom stereocenters.